The number of para-hydroxylation sites is 2. The van der Waals surface area contributed by atoms with Crippen LogP contribution in [0.4, 0.5) is 5.69 Å². The average molecular weight is 391 g/mol. The number of anilines is 1. The quantitative estimate of drug-likeness (QED) is 0.871. The lowest BCUT2D eigenvalue weighted by molar-refractivity contribution is -0.133. The molecule has 1 fully saturated rings. The average Bonchev–Trinajstić information content (AvgIpc) is 2.60. The van der Waals surface area contributed by atoms with Crippen LogP contribution in [-0.2, 0) is 4.79 Å². The summed E-state index contributed by atoms with van der Waals surface area (Å²) in [5, 5.41) is 9.92. The van der Waals surface area contributed by atoms with Crippen LogP contribution in [0.2, 0.25) is 0 Å². The van der Waals surface area contributed by atoms with Gasteiger partial charge < -0.3 is 19.6 Å². The molecule has 1 saturated heterocycles. The second kappa shape index (κ2) is 7.57. The molecule has 0 saturated carbocycles. The van der Waals surface area contributed by atoms with E-state index in [2.05, 4.69) is 20.8 Å². The Hall–Kier alpha value is -2.21. The number of hydrogen-bond donors (Lipinski definition) is 1. The van der Waals surface area contributed by atoms with Gasteiger partial charge in [-0.15, -0.1) is 0 Å². The fourth-order valence-corrected chi connectivity index (χ4v) is 3.10. The largest absolute Gasteiger partial charge is 0.506 e. The molecule has 1 amide bonds. The number of piperazine rings is 1. The number of rotatable bonds is 4. The Morgan fingerprint density at radius 2 is 1.83 bits per heavy atom. The van der Waals surface area contributed by atoms with Crippen molar-refractivity contribution in [3.63, 3.8) is 0 Å². The van der Waals surface area contributed by atoms with Crippen molar-refractivity contribution in [2.45, 2.75) is 0 Å². The molecule has 5 nitrogen and oxygen atoms in total. The molecule has 24 heavy (non-hydrogen) atoms. The summed E-state index contributed by atoms with van der Waals surface area (Å²) in [6.45, 7) is 2.66. The Morgan fingerprint density at radius 1 is 1.08 bits per heavy atom. The minimum atomic E-state index is -0.0214. The second-order valence-electron chi connectivity index (χ2n) is 5.60. The van der Waals surface area contributed by atoms with Crippen LogP contribution in [0.25, 0.3) is 0 Å². The fourth-order valence-electron chi connectivity index (χ4n) is 2.72. The Bertz CT molecular complexity index is 715. The van der Waals surface area contributed by atoms with E-state index in [1.807, 2.05) is 36.4 Å². The first kappa shape index (κ1) is 16.6. The van der Waals surface area contributed by atoms with Gasteiger partial charge in [-0.3, -0.25) is 4.79 Å². The lowest BCUT2D eigenvalue weighted by atomic mass is 10.2. The summed E-state index contributed by atoms with van der Waals surface area (Å²) < 4.78 is 6.48. The monoisotopic (exact) mass is 390 g/mol. The molecule has 2 aromatic carbocycles. The van der Waals surface area contributed by atoms with Gasteiger partial charge in [0, 0.05) is 30.7 Å². The van der Waals surface area contributed by atoms with Gasteiger partial charge in [-0.05, 0) is 30.3 Å². The van der Waals surface area contributed by atoms with Gasteiger partial charge >= 0.3 is 0 Å². The standard InChI is InChI=1S/C18H19BrN2O3/c19-14-4-3-5-15(12-14)24-13-18(23)21-10-8-20(9-11-21)16-6-1-2-7-17(16)22/h1-7,12,22H,8-11,13H2. The molecular weight excluding hydrogens is 372 g/mol. The van der Waals surface area contributed by atoms with E-state index in [1.54, 1.807) is 17.0 Å². The number of carbonyl (C=O) groups excluding carboxylic acids is 1. The van der Waals surface area contributed by atoms with Crippen molar-refractivity contribution in [3.8, 4) is 11.5 Å². The van der Waals surface area contributed by atoms with Crippen molar-refractivity contribution in [3.05, 3.63) is 53.0 Å². The third-order valence-corrected chi connectivity index (χ3v) is 4.51. The minimum absolute atomic E-state index is 0.0214. The van der Waals surface area contributed by atoms with Crippen molar-refractivity contribution in [2.75, 3.05) is 37.7 Å². The SMILES string of the molecule is O=C(COc1cccc(Br)c1)N1CCN(c2ccccc2O)CC1. The van der Waals surface area contributed by atoms with Crippen molar-refractivity contribution in [2.24, 2.45) is 0 Å². The second-order valence-corrected chi connectivity index (χ2v) is 6.52. The third-order valence-electron chi connectivity index (χ3n) is 4.01. The molecule has 1 aliphatic rings. The molecule has 0 bridgehead atoms. The zero-order chi connectivity index (χ0) is 16.9. The van der Waals surface area contributed by atoms with Crippen molar-refractivity contribution < 1.29 is 14.6 Å². The van der Waals surface area contributed by atoms with Crippen LogP contribution in [0, 0.1) is 0 Å². The Morgan fingerprint density at radius 3 is 2.54 bits per heavy atom. The highest BCUT2D eigenvalue weighted by Gasteiger charge is 2.22. The van der Waals surface area contributed by atoms with Gasteiger partial charge in [0.25, 0.3) is 5.91 Å². The number of phenolic OH excluding ortho intramolecular Hbond substituents is 1. The predicted molar refractivity (Wildman–Crippen MR) is 96.5 cm³/mol. The Labute approximate surface area is 149 Å². The number of hydrogen-bond acceptors (Lipinski definition) is 4. The lowest BCUT2D eigenvalue weighted by Gasteiger charge is -2.36. The number of halogens is 1. The maximum Gasteiger partial charge on any atom is 0.260 e. The summed E-state index contributed by atoms with van der Waals surface area (Å²) in [6.07, 6.45) is 0. The Balaban J connectivity index is 1.51. The van der Waals surface area contributed by atoms with Gasteiger partial charge in [-0.1, -0.05) is 34.1 Å². The number of amides is 1. The van der Waals surface area contributed by atoms with Crippen molar-refractivity contribution >= 4 is 27.5 Å². The fraction of sp³-hybridized carbons (Fsp3) is 0.278. The predicted octanol–water partition coefficient (Wildman–Crippen LogP) is 2.88. The normalized spacial score (nSPS) is 14.5. The summed E-state index contributed by atoms with van der Waals surface area (Å²) in [5.41, 5.74) is 0.815. The Kier molecular flexibility index (Phi) is 5.25. The number of benzene rings is 2. The summed E-state index contributed by atoms with van der Waals surface area (Å²) in [4.78, 5) is 16.2. The molecule has 0 atom stereocenters. The van der Waals surface area contributed by atoms with Crippen LogP contribution >= 0.6 is 15.9 Å². The van der Waals surface area contributed by atoms with Crippen LogP contribution in [0.3, 0.4) is 0 Å². The highest BCUT2D eigenvalue weighted by atomic mass is 79.9. The highest BCUT2D eigenvalue weighted by Crippen LogP contribution is 2.27. The van der Waals surface area contributed by atoms with E-state index in [1.165, 1.54) is 0 Å². The lowest BCUT2D eigenvalue weighted by Crippen LogP contribution is -2.50. The summed E-state index contributed by atoms with van der Waals surface area (Å²) in [7, 11) is 0. The van der Waals surface area contributed by atoms with Crippen LogP contribution in [0.1, 0.15) is 0 Å². The molecule has 0 radical (unpaired) electrons. The number of carbonyl (C=O) groups is 1. The first-order valence-electron chi connectivity index (χ1n) is 7.82. The molecular formula is C18H19BrN2O3. The van der Waals surface area contributed by atoms with Gasteiger partial charge in [0.05, 0.1) is 5.69 Å². The van der Waals surface area contributed by atoms with Crippen LogP contribution in [-0.4, -0.2) is 48.7 Å². The summed E-state index contributed by atoms with van der Waals surface area (Å²) >= 11 is 3.38. The third kappa shape index (κ3) is 4.00. The van der Waals surface area contributed by atoms with Gasteiger partial charge in [0.15, 0.2) is 6.61 Å². The van der Waals surface area contributed by atoms with Crippen LogP contribution < -0.4 is 9.64 Å². The summed E-state index contributed by atoms with van der Waals surface area (Å²) in [5.74, 6) is 0.924. The molecule has 126 valence electrons. The van der Waals surface area contributed by atoms with E-state index in [0.29, 0.717) is 31.9 Å². The maximum absolute atomic E-state index is 12.3. The van der Waals surface area contributed by atoms with E-state index < -0.39 is 0 Å². The van der Waals surface area contributed by atoms with E-state index in [-0.39, 0.29) is 18.3 Å². The molecule has 0 unspecified atom stereocenters. The maximum atomic E-state index is 12.3. The minimum Gasteiger partial charge on any atom is -0.506 e. The van der Waals surface area contributed by atoms with Gasteiger partial charge in [-0.2, -0.15) is 0 Å². The molecule has 0 aliphatic carbocycles. The summed E-state index contributed by atoms with van der Waals surface area (Å²) in [6, 6.07) is 14.7. The van der Waals surface area contributed by atoms with Crippen molar-refractivity contribution in [1.29, 1.82) is 0 Å². The molecule has 0 spiro atoms. The molecule has 3 rings (SSSR count). The molecule has 2 aromatic rings. The van der Waals surface area contributed by atoms with E-state index in [0.717, 1.165) is 10.2 Å². The zero-order valence-electron chi connectivity index (χ0n) is 13.2. The van der Waals surface area contributed by atoms with E-state index in [4.69, 9.17) is 4.74 Å². The first-order chi connectivity index (χ1) is 11.6. The van der Waals surface area contributed by atoms with Gasteiger partial charge in [0.2, 0.25) is 0 Å². The van der Waals surface area contributed by atoms with Crippen LogP contribution in [0.15, 0.2) is 53.0 Å². The zero-order valence-corrected chi connectivity index (χ0v) is 14.8. The first-order valence-corrected chi connectivity index (χ1v) is 8.62. The number of phenols is 1. The number of ether oxygens (including phenoxy) is 1. The van der Waals surface area contributed by atoms with Crippen molar-refractivity contribution in [1.82, 2.24) is 4.90 Å². The number of nitrogens with zero attached hydrogens (tertiary/aromatic N) is 2. The van der Waals surface area contributed by atoms with E-state index >= 15 is 0 Å². The molecule has 1 heterocycles. The smallest absolute Gasteiger partial charge is 0.260 e. The highest BCUT2D eigenvalue weighted by molar-refractivity contribution is 9.10. The van der Waals surface area contributed by atoms with Gasteiger partial charge in [0.1, 0.15) is 11.5 Å². The molecule has 1 aliphatic heterocycles. The topological polar surface area (TPSA) is 53.0 Å². The van der Waals surface area contributed by atoms with Gasteiger partial charge in [-0.25, -0.2) is 0 Å². The molecule has 6 heteroatoms. The number of aromatic hydroxyl groups is 1. The molecule has 0 aromatic heterocycles. The van der Waals surface area contributed by atoms with Crippen LogP contribution in [0.5, 0.6) is 11.5 Å². The molecule has 1 N–H and O–H groups in total. The van der Waals surface area contributed by atoms with E-state index in [9.17, 15) is 9.90 Å².